The summed E-state index contributed by atoms with van der Waals surface area (Å²) in [6.45, 7) is 9.75. The number of hydrogen-bond donors (Lipinski definition) is 1. The fraction of sp³-hybridized carbons (Fsp3) is 0.800. The molecule has 1 heterocycles. The van der Waals surface area contributed by atoms with E-state index in [0.717, 1.165) is 47.8 Å². The van der Waals surface area contributed by atoms with Gasteiger partial charge in [0.2, 0.25) is 0 Å². The van der Waals surface area contributed by atoms with Gasteiger partial charge in [0.1, 0.15) is 0 Å². The van der Waals surface area contributed by atoms with Gasteiger partial charge in [-0.1, -0.05) is 13.8 Å². The highest BCUT2D eigenvalue weighted by molar-refractivity contribution is 9.10. The second-order valence-corrected chi connectivity index (χ2v) is 7.35. The summed E-state index contributed by atoms with van der Waals surface area (Å²) in [6.07, 6.45) is 4.48. The molecular formula is C15H26BrN3. The summed E-state index contributed by atoms with van der Waals surface area (Å²) in [5.41, 5.74) is 8.98. The summed E-state index contributed by atoms with van der Waals surface area (Å²) in [5.74, 6) is 1.46. The first-order chi connectivity index (χ1) is 8.84. The van der Waals surface area contributed by atoms with Gasteiger partial charge in [0, 0.05) is 18.5 Å². The van der Waals surface area contributed by atoms with Crippen molar-refractivity contribution in [1.29, 1.82) is 0 Å². The van der Waals surface area contributed by atoms with E-state index in [1.807, 2.05) is 0 Å². The van der Waals surface area contributed by atoms with Crippen LogP contribution >= 0.6 is 15.9 Å². The second kappa shape index (κ2) is 5.57. The molecule has 108 valence electrons. The molecule has 0 bridgehead atoms. The number of hydrogen-bond acceptors (Lipinski definition) is 2. The van der Waals surface area contributed by atoms with Gasteiger partial charge < -0.3 is 5.73 Å². The minimum absolute atomic E-state index is 0.0704. The predicted molar refractivity (Wildman–Crippen MR) is 83.1 cm³/mol. The largest absolute Gasteiger partial charge is 0.325 e. The van der Waals surface area contributed by atoms with Crippen LogP contribution in [0, 0.1) is 18.8 Å². The number of aromatic nitrogens is 2. The second-order valence-electron chi connectivity index (χ2n) is 6.56. The molecule has 4 heteroatoms. The number of nitrogens with zero attached hydrogens (tertiary/aromatic N) is 2. The van der Waals surface area contributed by atoms with Crippen molar-refractivity contribution >= 4 is 15.9 Å². The summed E-state index contributed by atoms with van der Waals surface area (Å²) < 4.78 is 3.24. The summed E-state index contributed by atoms with van der Waals surface area (Å²) >= 11 is 3.68. The fourth-order valence-corrected chi connectivity index (χ4v) is 4.26. The van der Waals surface area contributed by atoms with Gasteiger partial charge in [-0.15, -0.1) is 0 Å². The van der Waals surface area contributed by atoms with Crippen LogP contribution in [0.2, 0.25) is 0 Å². The van der Waals surface area contributed by atoms with Gasteiger partial charge in [-0.25, -0.2) is 0 Å². The van der Waals surface area contributed by atoms with Crippen LogP contribution in [0.3, 0.4) is 0 Å². The van der Waals surface area contributed by atoms with Crippen molar-refractivity contribution in [3.05, 3.63) is 15.9 Å². The van der Waals surface area contributed by atoms with Gasteiger partial charge in [-0.2, -0.15) is 5.10 Å². The number of rotatable bonds is 3. The normalized spacial score (nSPS) is 31.7. The molecule has 2 unspecified atom stereocenters. The molecule has 0 amide bonds. The third-order valence-corrected chi connectivity index (χ3v) is 5.32. The molecule has 1 aliphatic rings. The molecule has 1 aromatic heterocycles. The Morgan fingerprint density at radius 3 is 2.47 bits per heavy atom. The highest BCUT2D eigenvalue weighted by Gasteiger charge is 2.36. The van der Waals surface area contributed by atoms with Gasteiger partial charge in [-0.05, 0) is 60.9 Å². The van der Waals surface area contributed by atoms with Crippen molar-refractivity contribution in [1.82, 2.24) is 9.78 Å². The lowest BCUT2D eigenvalue weighted by Crippen LogP contribution is -2.48. The maximum absolute atomic E-state index is 6.71. The lowest BCUT2D eigenvalue weighted by Gasteiger charge is -2.40. The fourth-order valence-electron chi connectivity index (χ4n) is 3.84. The van der Waals surface area contributed by atoms with E-state index >= 15 is 0 Å². The smallest absolute Gasteiger partial charge is 0.0738 e. The lowest BCUT2D eigenvalue weighted by atomic mass is 9.70. The average Bonchev–Trinajstić information content (AvgIpc) is 2.54. The van der Waals surface area contributed by atoms with Gasteiger partial charge >= 0.3 is 0 Å². The van der Waals surface area contributed by atoms with Crippen molar-refractivity contribution in [2.24, 2.45) is 17.6 Å². The molecule has 1 fully saturated rings. The third kappa shape index (κ3) is 3.22. The zero-order valence-electron chi connectivity index (χ0n) is 12.5. The Labute approximate surface area is 125 Å². The molecule has 2 rings (SSSR count). The van der Waals surface area contributed by atoms with Crippen molar-refractivity contribution in [3.8, 4) is 0 Å². The minimum atomic E-state index is -0.0704. The molecule has 2 N–H and O–H groups in total. The van der Waals surface area contributed by atoms with E-state index < -0.39 is 0 Å². The molecule has 1 saturated carbocycles. The summed E-state index contributed by atoms with van der Waals surface area (Å²) in [4.78, 5) is 0. The first-order valence-corrected chi connectivity index (χ1v) is 8.14. The number of nitrogens with two attached hydrogens (primary N) is 1. The van der Waals surface area contributed by atoms with Crippen molar-refractivity contribution < 1.29 is 0 Å². The SMILES string of the molecule is CCn1nc(C)c(Br)c1CC1(N)CC(C)CC(C)C1. The van der Waals surface area contributed by atoms with Gasteiger partial charge in [0.15, 0.2) is 0 Å². The molecule has 0 saturated heterocycles. The van der Waals surface area contributed by atoms with E-state index in [1.165, 1.54) is 12.1 Å². The molecule has 0 aliphatic heterocycles. The van der Waals surface area contributed by atoms with Crippen LogP contribution in [0.4, 0.5) is 0 Å². The van der Waals surface area contributed by atoms with Crippen LogP contribution in [0.25, 0.3) is 0 Å². The Kier molecular flexibility index (Phi) is 4.41. The van der Waals surface area contributed by atoms with Gasteiger partial charge in [0.25, 0.3) is 0 Å². The first kappa shape index (κ1) is 15.0. The van der Waals surface area contributed by atoms with E-state index in [1.54, 1.807) is 0 Å². The Morgan fingerprint density at radius 2 is 1.95 bits per heavy atom. The van der Waals surface area contributed by atoms with E-state index in [2.05, 4.69) is 53.4 Å². The van der Waals surface area contributed by atoms with E-state index in [0.29, 0.717) is 0 Å². The molecule has 0 spiro atoms. The van der Waals surface area contributed by atoms with Crippen LogP contribution < -0.4 is 5.73 Å². The summed E-state index contributed by atoms with van der Waals surface area (Å²) in [7, 11) is 0. The topological polar surface area (TPSA) is 43.8 Å². The van der Waals surface area contributed by atoms with E-state index in [9.17, 15) is 0 Å². The van der Waals surface area contributed by atoms with Crippen molar-refractivity contribution in [3.63, 3.8) is 0 Å². The monoisotopic (exact) mass is 327 g/mol. The molecule has 0 aromatic carbocycles. The number of halogens is 1. The molecule has 19 heavy (non-hydrogen) atoms. The highest BCUT2D eigenvalue weighted by Crippen LogP contribution is 2.37. The number of aryl methyl sites for hydroxylation is 2. The van der Waals surface area contributed by atoms with Gasteiger partial charge in [-0.3, -0.25) is 4.68 Å². The maximum Gasteiger partial charge on any atom is 0.0738 e. The Hall–Kier alpha value is -0.350. The minimum Gasteiger partial charge on any atom is -0.325 e. The van der Waals surface area contributed by atoms with E-state index in [-0.39, 0.29) is 5.54 Å². The molecule has 1 aromatic rings. The van der Waals surface area contributed by atoms with Crippen LogP contribution in [0.1, 0.15) is 51.4 Å². The molecule has 2 atom stereocenters. The zero-order chi connectivity index (χ0) is 14.2. The van der Waals surface area contributed by atoms with Crippen LogP contribution in [-0.4, -0.2) is 15.3 Å². The summed E-state index contributed by atoms with van der Waals surface area (Å²) in [6, 6.07) is 0. The Bertz CT molecular complexity index is 442. The van der Waals surface area contributed by atoms with Crippen LogP contribution in [-0.2, 0) is 13.0 Å². The first-order valence-electron chi connectivity index (χ1n) is 7.35. The molecular weight excluding hydrogens is 302 g/mol. The predicted octanol–water partition coefficient (Wildman–Crippen LogP) is 3.67. The maximum atomic E-state index is 6.71. The van der Waals surface area contributed by atoms with E-state index in [4.69, 9.17) is 5.73 Å². The van der Waals surface area contributed by atoms with Crippen LogP contribution in [0.5, 0.6) is 0 Å². The quantitative estimate of drug-likeness (QED) is 0.920. The molecule has 0 radical (unpaired) electrons. The van der Waals surface area contributed by atoms with Crippen molar-refractivity contribution in [2.75, 3.05) is 0 Å². The summed E-state index contributed by atoms with van der Waals surface area (Å²) in [5, 5.41) is 4.58. The third-order valence-electron chi connectivity index (χ3n) is 4.29. The standard InChI is InChI=1S/C15H26BrN3/c1-5-19-13(14(16)12(4)18-19)9-15(17)7-10(2)6-11(3)8-15/h10-11H,5-9,17H2,1-4H3. The lowest BCUT2D eigenvalue weighted by molar-refractivity contribution is 0.179. The van der Waals surface area contributed by atoms with Crippen molar-refractivity contribution in [2.45, 2.75) is 65.5 Å². The molecule has 3 nitrogen and oxygen atoms in total. The Balaban J connectivity index is 2.24. The van der Waals surface area contributed by atoms with Crippen LogP contribution in [0.15, 0.2) is 4.47 Å². The van der Waals surface area contributed by atoms with Gasteiger partial charge in [0.05, 0.1) is 15.9 Å². The zero-order valence-corrected chi connectivity index (χ0v) is 14.1. The molecule has 1 aliphatic carbocycles. The highest BCUT2D eigenvalue weighted by atomic mass is 79.9. The average molecular weight is 328 g/mol. The Morgan fingerprint density at radius 1 is 1.37 bits per heavy atom.